The summed E-state index contributed by atoms with van der Waals surface area (Å²) in [5, 5.41) is 11.2. The SMILES string of the molecule is CCc1cc2cc(Cl)c(C(C)(C#N)Cc3nc(OC)cc(OC)n3)cc2[nH]c1=O. The third kappa shape index (κ3) is 4.03. The fraction of sp³-hybridized carbons (Fsp3) is 0.333. The van der Waals surface area contributed by atoms with E-state index in [1.165, 1.54) is 14.2 Å². The van der Waals surface area contributed by atoms with Crippen molar-refractivity contribution in [3.63, 3.8) is 0 Å². The first-order valence-electron chi connectivity index (χ1n) is 9.06. The van der Waals surface area contributed by atoms with Gasteiger partial charge in [0.05, 0.1) is 31.8 Å². The van der Waals surface area contributed by atoms with Gasteiger partial charge in [0.2, 0.25) is 11.8 Å². The van der Waals surface area contributed by atoms with Crippen LogP contribution in [0.3, 0.4) is 0 Å². The molecule has 1 unspecified atom stereocenters. The van der Waals surface area contributed by atoms with Gasteiger partial charge in [0, 0.05) is 22.5 Å². The number of nitrogens with one attached hydrogen (secondary N) is 1. The van der Waals surface area contributed by atoms with Gasteiger partial charge in [-0.25, -0.2) is 0 Å². The largest absolute Gasteiger partial charge is 0.481 e. The Morgan fingerprint density at radius 2 is 1.83 bits per heavy atom. The normalized spacial score (nSPS) is 13.0. The molecule has 0 saturated heterocycles. The average molecular weight is 413 g/mol. The molecule has 1 atom stereocenters. The Bertz CT molecular complexity index is 1150. The molecule has 0 amide bonds. The first kappa shape index (κ1) is 20.6. The van der Waals surface area contributed by atoms with Gasteiger partial charge in [-0.1, -0.05) is 18.5 Å². The van der Waals surface area contributed by atoms with Crippen LogP contribution in [-0.2, 0) is 18.3 Å². The highest BCUT2D eigenvalue weighted by molar-refractivity contribution is 6.32. The number of benzene rings is 1. The molecule has 0 fully saturated rings. The smallest absolute Gasteiger partial charge is 0.251 e. The number of H-pyrrole nitrogens is 1. The minimum atomic E-state index is -1.04. The highest BCUT2D eigenvalue weighted by atomic mass is 35.5. The second-order valence-corrected chi connectivity index (χ2v) is 7.29. The van der Waals surface area contributed by atoms with Gasteiger partial charge in [0.25, 0.3) is 5.56 Å². The fourth-order valence-corrected chi connectivity index (χ4v) is 3.59. The Balaban J connectivity index is 2.11. The number of aromatic nitrogens is 3. The molecule has 8 heteroatoms. The Hall–Kier alpha value is -3.11. The van der Waals surface area contributed by atoms with Crippen LogP contribution in [0.5, 0.6) is 11.8 Å². The number of hydrogen-bond donors (Lipinski definition) is 1. The van der Waals surface area contributed by atoms with Crippen molar-refractivity contribution in [1.29, 1.82) is 5.26 Å². The van der Waals surface area contributed by atoms with Crippen molar-refractivity contribution >= 4 is 22.5 Å². The fourth-order valence-electron chi connectivity index (χ4n) is 3.21. The van der Waals surface area contributed by atoms with E-state index in [1.54, 1.807) is 25.1 Å². The molecule has 2 heterocycles. The van der Waals surface area contributed by atoms with E-state index >= 15 is 0 Å². The lowest BCUT2D eigenvalue weighted by atomic mass is 9.80. The quantitative estimate of drug-likeness (QED) is 0.664. The molecule has 0 spiro atoms. The summed E-state index contributed by atoms with van der Waals surface area (Å²) in [5.74, 6) is 1.07. The maximum Gasteiger partial charge on any atom is 0.251 e. The van der Waals surface area contributed by atoms with E-state index in [9.17, 15) is 10.1 Å². The number of ether oxygens (including phenoxy) is 2. The van der Waals surface area contributed by atoms with Gasteiger partial charge in [0.1, 0.15) is 5.82 Å². The van der Waals surface area contributed by atoms with Gasteiger partial charge in [-0.2, -0.15) is 15.2 Å². The zero-order chi connectivity index (χ0) is 21.2. The summed E-state index contributed by atoms with van der Waals surface area (Å²) < 4.78 is 10.4. The van der Waals surface area contributed by atoms with Crippen molar-refractivity contribution in [2.75, 3.05) is 14.2 Å². The second kappa shape index (κ2) is 8.10. The van der Waals surface area contributed by atoms with Gasteiger partial charge in [-0.3, -0.25) is 4.79 Å². The molecule has 150 valence electrons. The summed E-state index contributed by atoms with van der Waals surface area (Å²) in [4.78, 5) is 23.7. The van der Waals surface area contributed by atoms with Crippen molar-refractivity contribution in [2.45, 2.75) is 32.1 Å². The maximum absolute atomic E-state index is 12.2. The molecular formula is C21H21ClN4O3. The maximum atomic E-state index is 12.2. The van der Waals surface area contributed by atoms with E-state index in [2.05, 4.69) is 21.0 Å². The molecule has 3 aromatic rings. The average Bonchev–Trinajstić information content (AvgIpc) is 2.72. The van der Waals surface area contributed by atoms with E-state index in [-0.39, 0.29) is 12.0 Å². The standard InChI is InChI=1S/C21H21ClN4O3/c1-5-12-6-13-7-15(22)14(8-16(13)24-20(12)27)21(2,11-23)10-17-25-18(28-3)9-19(26-17)29-4/h6-9H,5,10H2,1-4H3,(H,24,27). The molecule has 1 N–H and O–H groups in total. The molecule has 7 nitrogen and oxygen atoms in total. The molecule has 0 radical (unpaired) electrons. The number of methoxy groups -OCH3 is 2. The zero-order valence-corrected chi connectivity index (χ0v) is 17.4. The number of rotatable bonds is 6. The van der Waals surface area contributed by atoms with Crippen LogP contribution in [0.4, 0.5) is 0 Å². The summed E-state index contributed by atoms with van der Waals surface area (Å²) >= 11 is 6.55. The van der Waals surface area contributed by atoms with E-state index in [0.717, 1.165) is 5.39 Å². The van der Waals surface area contributed by atoms with Crippen LogP contribution in [0.1, 0.15) is 30.8 Å². The monoisotopic (exact) mass is 412 g/mol. The van der Waals surface area contributed by atoms with Gasteiger partial charge in [0.15, 0.2) is 0 Å². The van der Waals surface area contributed by atoms with E-state index in [0.29, 0.717) is 45.7 Å². The van der Waals surface area contributed by atoms with Gasteiger partial charge in [-0.15, -0.1) is 0 Å². The predicted octanol–water partition coefficient (Wildman–Crippen LogP) is 3.58. The number of nitrogens with zero attached hydrogens (tertiary/aromatic N) is 3. The molecule has 3 rings (SSSR count). The highest BCUT2D eigenvalue weighted by Crippen LogP contribution is 2.35. The van der Waals surface area contributed by atoms with Gasteiger partial charge in [-0.05, 0) is 42.5 Å². The van der Waals surface area contributed by atoms with Crippen LogP contribution >= 0.6 is 11.6 Å². The summed E-state index contributed by atoms with van der Waals surface area (Å²) in [6.45, 7) is 3.68. The number of hydrogen-bond acceptors (Lipinski definition) is 6. The third-order valence-corrected chi connectivity index (χ3v) is 5.20. The lowest BCUT2D eigenvalue weighted by Gasteiger charge is -2.23. The van der Waals surface area contributed by atoms with Crippen LogP contribution in [-0.4, -0.2) is 29.2 Å². The lowest BCUT2D eigenvalue weighted by molar-refractivity contribution is 0.366. The van der Waals surface area contributed by atoms with E-state index in [1.807, 2.05) is 13.0 Å². The minimum Gasteiger partial charge on any atom is -0.481 e. The summed E-state index contributed by atoms with van der Waals surface area (Å²) in [5.41, 5.74) is 0.703. The number of fused-ring (bicyclic) bond motifs is 1. The van der Waals surface area contributed by atoms with Crippen molar-refractivity contribution in [2.24, 2.45) is 0 Å². The number of aromatic amines is 1. The van der Waals surface area contributed by atoms with E-state index in [4.69, 9.17) is 21.1 Å². The minimum absolute atomic E-state index is 0.146. The first-order chi connectivity index (χ1) is 13.8. The Morgan fingerprint density at radius 1 is 1.17 bits per heavy atom. The summed E-state index contributed by atoms with van der Waals surface area (Å²) in [6.07, 6.45) is 0.801. The van der Waals surface area contributed by atoms with Gasteiger partial charge >= 0.3 is 0 Å². The van der Waals surface area contributed by atoms with Crippen molar-refractivity contribution in [1.82, 2.24) is 15.0 Å². The third-order valence-electron chi connectivity index (χ3n) is 4.89. The zero-order valence-electron chi connectivity index (χ0n) is 16.7. The Kier molecular flexibility index (Phi) is 5.76. The van der Waals surface area contributed by atoms with Gasteiger partial charge < -0.3 is 14.5 Å². The molecule has 29 heavy (non-hydrogen) atoms. The molecule has 0 aliphatic carbocycles. The lowest BCUT2D eigenvalue weighted by Crippen LogP contribution is -2.25. The van der Waals surface area contributed by atoms with Crippen LogP contribution < -0.4 is 15.0 Å². The number of halogens is 1. The highest BCUT2D eigenvalue weighted by Gasteiger charge is 2.31. The molecule has 1 aromatic carbocycles. The predicted molar refractivity (Wildman–Crippen MR) is 111 cm³/mol. The summed E-state index contributed by atoms with van der Waals surface area (Å²) in [6, 6.07) is 9.22. The Labute approximate surface area is 173 Å². The van der Waals surface area contributed by atoms with E-state index < -0.39 is 5.41 Å². The molecule has 0 bridgehead atoms. The Morgan fingerprint density at radius 3 is 2.38 bits per heavy atom. The van der Waals surface area contributed by atoms with Crippen LogP contribution in [0.25, 0.3) is 10.9 Å². The second-order valence-electron chi connectivity index (χ2n) is 6.89. The molecule has 0 aliphatic rings. The number of aryl methyl sites for hydroxylation is 1. The molecular weight excluding hydrogens is 392 g/mol. The first-order valence-corrected chi connectivity index (χ1v) is 9.44. The molecule has 0 saturated carbocycles. The molecule has 2 aromatic heterocycles. The topological polar surface area (TPSA) is 101 Å². The summed E-state index contributed by atoms with van der Waals surface area (Å²) in [7, 11) is 2.99. The van der Waals surface area contributed by atoms with Crippen LogP contribution in [0.15, 0.2) is 29.1 Å². The van der Waals surface area contributed by atoms with Crippen molar-refractivity contribution < 1.29 is 9.47 Å². The van der Waals surface area contributed by atoms with Crippen molar-refractivity contribution in [3.05, 3.63) is 56.6 Å². The molecule has 0 aliphatic heterocycles. The number of nitriles is 1. The van der Waals surface area contributed by atoms with Crippen molar-refractivity contribution in [3.8, 4) is 17.8 Å². The van der Waals surface area contributed by atoms with Crippen LogP contribution in [0, 0.1) is 11.3 Å². The number of pyridine rings is 1. The van der Waals surface area contributed by atoms with Crippen LogP contribution in [0.2, 0.25) is 5.02 Å².